The summed E-state index contributed by atoms with van der Waals surface area (Å²) in [6.45, 7) is 1.89. The van der Waals surface area contributed by atoms with Gasteiger partial charge in [-0.2, -0.15) is 8.42 Å². The van der Waals surface area contributed by atoms with Crippen molar-refractivity contribution in [2.45, 2.75) is 42.5 Å². The van der Waals surface area contributed by atoms with Crippen molar-refractivity contribution in [3.8, 4) is 0 Å². The number of hydrogen-bond donors (Lipinski definition) is 0. The molecule has 4 heterocycles. The largest absolute Gasteiger partial charge is 0.440 e. The first kappa shape index (κ1) is 20.4. The number of aromatic nitrogens is 1. The molecule has 1 aromatic heterocycles. The van der Waals surface area contributed by atoms with Gasteiger partial charge in [0.25, 0.3) is 10.0 Å². The molecule has 1 atom stereocenters. The van der Waals surface area contributed by atoms with E-state index in [1.54, 1.807) is 24.3 Å². The average Bonchev–Trinajstić information content (AvgIpc) is 3.55. The molecule has 0 radical (unpaired) electrons. The maximum absolute atomic E-state index is 13.5. The van der Waals surface area contributed by atoms with Crippen LogP contribution in [0.2, 0.25) is 0 Å². The normalized spacial score (nSPS) is 22.5. The molecule has 3 aromatic rings. The lowest BCUT2D eigenvalue weighted by Crippen LogP contribution is -2.49. The van der Waals surface area contributed by atoms with Crippen LogP contribution in [-0.2, 0) is 14.8 Å². The van der Waals surface area contributed by atoms with Gasteiger partial charge in [0, 0.05) is 31.1 Å². The SMILES string of the molecule is O=C([C@@H]1CCCN1C1=NS(=O)(=O)c2ccccc21)N1CCC(c2nc3ccccc3o2)CC1. The first-order chi connectivity index (χ1) is 16.0. The molecular weight excluding hydrogens is 440 g/mol. The van der Waals surface area contributed by atoms with Crippen molar-refractivity contribution >= 4 is 32.9 Å². The Morgan fingerprint density at radius 2 is 1.73 bits per heavy atom. The molecule has 0 aliphatic carbocycles. The molecule has 1 amide bonds. The van der Waals surface area contributed by atoms with Gasteiger partial charge >= 0.3 is 0 Å². The number of fused-ring (bicyclic) bond motifs is 2. The van der Waals surface area contributed by atoms with Gasteiger partial charge in [0.15, 0.2) is 17.3 Å². The number of carbonyl (C=O) groups excluding carboxylic acids is 1. The number of benzene rings is 2. The van der Waals surface area contributed by atoms with Crippen LogP contribution in [0.5, 0.6) is 0 Å². The first-order valence-corrected chi connectivity index (χ1v) is 12.8. The van der Waals surface area contributed by atoms with Crippen molar-refractivity contribution in [3.63, 3.8) is 0 Å². The summed E-state index contributed by atoms with van der Waals surface area (Å²) in [5.74, 6) is 1.39. The summed E-state index contributed by atoms with van der Waals surface area (Å²) < 4.78 is 35.0. The Morgan fingerprint density at radius 1 is 0.970 bits per heavy atom. The lowest BCUT2D eigenvalue weighted by molar-refractivity contribution is -0.136. The van der Waals surface area contributed by atoms with E-state index >= 15 is 0 Å². The fourth-order valence-electron chi connectivity index (χ4n) is 5.19. The molecule has 2 saturated heterocycles. The van der Waals surface area contributed by atoms with Gasteiger partial charge in [0.2, 0.25) is 5.91 Å². The Balaban J connectivity index is 1.18. The van der Waals surface area contributed by atoms with Gasteiger partial charge < -0.3 is 14.2 Å². The smallest absolute Gasteiger partial charge is 0.285 e. The van der Waals surface area contributed by atoms with E-state index in [2.05, 4.69) is 9.38 Å². The van der Waals surface area contributed by atoms with Crippen LogP contribution in [0.4, 0.5) is 0 Å². The van der Waals surface area contributed by atoms with E-state index < -0.39 is 10.0 Å². The number of hydrogen-bond acceptors (Lipinski definition) is 6. The van der Waals surface area contributed by atoms with Gasteiger partial charge in [-0.05, 0) is 49.9 Å². The molecule has 33 heavy (non-hydrogen) atoms. The minimum atomic E-state index is -3.71. The Hall–Kier alpha value is -3.20. The zero-order chi connectivity index (χ0) is 22.6. The van der Waals surface area contributed by atoms with Crippen molar-refractivity contribution in [3.05, 3.63) is 60.0 Å². The Bertz CT molecular complexity index is 1340. The van der Waals surface area contributed by atoms with Gasteiger partial charge in [-0.25, -0.2) is 4.98 Å². The molecule has 6 rings (SSSR count). The van der Waals surface area contributed by atoms with Gasteiger partial charge in [-0.15, -0.1) is 4.40 Å². The molecule has 3 aliphatic rings. The molecule has 3 aliphatic heterocycles. The summed E-state index contributed by atoms with van der Waals surface area (Å²) in [5, 5.41) is 0. The van der Waals surface area contributed by atoms with Crippen LogP contribution in [0.3, 0.4) is 0 Å². The highest BCUT2D eigenvalue weighted by molar-refractivity contribution is 7.90. The molecule has 0 bridgehead atoms. The second-order valence-corrected chi connectivity index (χ2v) is 10.4. The van der Waals surface area contributed by atoms with Crippen LogP contribution in [0, 0.1) is 0 Å². The van der Waals surface area contributed by atoms with Crippen LogP contribution in [0.15, 0.2) is 62.2 Å². The van der Waals surface area contributed by atoms with Crippen molar-refractivity contribution in [2.24, 2.45) is 4.40 Å². The number of amides is 1. The van der Waals surface area contributed by atoms with Crippen LogP contribution < -0.4 is 0 Å². The summed E-state index contributed by atoms with van der Waals surface area (Å²) >= 11 is 0. The molecule has 8 nitrogen and oxygen atoms in total. The fraction of sp³-hybridized carbons (Fsp3) is 0.375. The molecule has 0 unspecified atom stereocenters. The minimum absolute atomic E-state index is 0.0491. The van der Waals surface area contributed by atoms with Crippen LogP contribution in [0.1, 0.15) is 43.1 Å². The lowest BCUT2D eigenvalue weighted by atomic mass is 9.96. The Labute approximate surface area is 192 Å². The highest BCUT2D eigenvalue weighted by Crippen LogP contribution is 2.34. The number of oxazole rings is 1. The van der Waals surface area contributed by atoms with Crippen molar-refractivity contribution in [2.75, 3.05) is 19.6 Å². The van der Waals surface area contributed by atoms with Crippen molar-refractivity contribution in [1.82, 2.24) is 14.8 Å². The van der Waals surface area contributed by atoms with Crippen molar-refractivity contribution in [1.29, 1.82) is 0 Å². The predicted molar refractivity (Wildman–Crippen MR) is 122 cm³/mol. The number of likely N-dealkylation sites (tertiary alicyclic amines) is 2. The van der Waals surface area contributed by atoms with E-state index in [0.717, 1.165) is 36.3 Å². The van der Waals surface area contributed by atoms with Gasteiger partial charge in [0.1, 0.15) is 16.5 Å². The zero-order valence-electron chi connectivity index (χ0n) is 18.1. The highest BCUT2D eigenvalue weighted by atomic mass is 32.2. The topological polar surface area (TPSA) is 96.1 Å². The first-order valence-electron chi connectivity index (χ1n) is 11.4. The number of sulfonamides is 1. The molecule has 2 aromatic carbocycles. The maximum Gasteiger partial charge on any atom is 0.285 e. The number of piperidine rings is 1. The number of nitrogens with zero attached hydrogens (tertiary/aromatic N) is 4. The standard InChI is InChI=1S/C24H24N4O4S/c29-24(27-14-11-16(12-15-27)23-25-18-7-2-3-9-20(18)32-23)19-8-5-13-28(19)22-17-6-1-4-10-21(17)33(30,31)26-22/h1-4,6-7,9-10,16,19H,5,8,11-15H2/t19-/m0/s1. The average molecular weight is 465 g/mol. The summed E-state index contributed by atoms with van der Waals surface area (Å²) in [7, 11) is -3.71. The molecule has 0 N–H and O–H groups in total. The highest BCUT2D eigenvalue weighted by Gasteiger charge is 2.41. The number of amidine groups is 1. The summed E-state index contributed by atoms with van der Waals surface area (Å²) in [6, 6.07) is 14.2. The molecular formula is C24H24N4O4S. The van der Waals surface area contributed by atoms with E-state index in [9.17, 15) is 13.2 Å². The molecule has 170 valence electrons. The minimum Gasteiger partial charge on any atom is -0.440 e. The summed E-state index contributed by atoms with van der Waals surface area (Å²) in [5.41, 5.74) is 2.24. The second-order valence-electron chi connectivity index (χ2n) is 8.86. The molecule has 9 heteroatoms. The Kier molecular flexibility index (Phi) is 4.76. The number of rotatable bonds is 2. The quantitative estimate of drug-likeness (QED) is 0.578. The third-order valence-corrected chi connectivity index (χ3v) is 8.21. The maximum atomic E-state index is 13.5. The monoisotopic (exact) mass is 464 g/mol. The summed E-state index contributed by atoms with van der Waals surface area (Å²) in [6.07, 6.45) is 3.12. The third kappa shape index (κ3) is 3.42. The zero-order valence-corrected chi connectivity index (χ0v) is 18.9. The molecule has 0 spiro atoms. The van der Waals surface area contributed by atoms with E-state index in [4.69, 9.17) is 4.42 Å². The number of carbonyl (C=O) groups is 1. The predicted octanol–water partition coefficient (Wildman–Crippen LogP) is 3.15. The van der Waals surface area contributed by atoms with E-state index in [-0.39, 0.29) is 22.8 Å². The summed E-state index contributed by atoms with van der Waals surface area (Å²) in [4.78, 5) is 22.1. The van der Waals surface area contributed by atoms with Crippen LogP contribution in [0.25, 0.3) is 11.1 Å². The lowest BCUT2D eigenvalue weighted by Gasteiger charge is -2.35. The van der Waals surface area contributed by atoms with E-state index in [1.165, 1.54) is 0 Å². The van der Waals surface area contributed by atoms with Crippen LogP contribution in [-0.4, -0.2) is 60.6 Å². The van der Waals surface area contributed by atoms with Gasteiger partial charge in [0.05, 0.1) is 0 Å². The Morgan fingerprint density at radius 3 is 2.55 bits per heavy atom. The van der Waals surface area contributed by atoms with E-state index in [0.29, 0.717) is 37.5 Å². The molecule has 0 saturated carbocycles. The van der Waals surface area contributed by atoms with Crippen LogP contribution >= 0.6 is 0 Å². The third-order valence-electron chi connectivity index (χ3n) is 6.89. The van der Waals surface area contributed by atoms with Crippen molar-refractivity contribution < 1.29 is 17.6 Å². The number of para-hydroxylation sites is 2. The van der Waals surface area contributed by atoms with Gasteiger partial charge in [-0.3, -0.25) is 4.79 Å². The van der Waals surface area contributed by atoms with Gasteiger partial charge in [-0.1, -0.05) is 24.3 Å². The van der Waals surface area contributed by atoms with E-state index in [1.807, 2.05) is 34.1 Å². The fourth-order valence-corrected chi connectivity index (χ4v) is 6.41. The second kappa shape index (κ2) is 7.69. The molecule has 2 fully saturated rings.